The van der Waals surface area contributed by atoms with Gasteiger partial charge in [-0.1, -0.05) is 24.3 Å². The number of aliphatic hydroxyl groups is 2. The lowest BCUT2D eigenvalue weighted by Crippen LogP contribution is -2.57. The summed E-state index contributed by atoms with van der Waals surface area (Å²) in [6, 6.07) is 6.36. The van der Waals surface area contributed by atoms with Gasteiger partial charge in [-0.3, -0.25) is 4.79 Å². The van der Waals surface area contributed by atoms with E-state index in [1.807, 2.05) is 44.5 Å². The van der Waals surface area contributed by atoms with Gasteiger partial charge < -0.3 is 61.7 Å². The number of aliphatic hydroxyl groups excluding tert-OH is 2. The first-order valence-electron chi connectivity index (χ1n) is 20.8. The van der Waals surface area contributed by atoms with E-state index in [4.69, 9.17) is 25.4 Å². The molecule has 60 heavy (non-hydrogen) atoms. The fourth-order valence-electron chi connectivity index (χ4n) is 10.2. The highest BCUT2D eigenvalue weighted by atomic mass is 16.6. The van der Waals surface area contributed by atoms with E-state index in [9.17, 15) is 30.0 Å². The molecular weight excluding hydrogens is 767 g/mol. The molecule has 7 atom stereocenters. The number of phenols is 2. The maximum absolute atomic E-state index is 14.2. The minimum atomic E-state index is -1.28. The quantitative estimate of drug-likeness (QED) is 0.111. The van der Waals surface area contributed by atoms with Crippen molar-refractivity contribution in [1.82, 2.24) is 16.0 Å². The number of rotatable bonds is 9. The van der Waals surface area contributed by atoms with Crippen molar-refractivity contribution in [2.24, 2.45) is 23.3 Å². The SMILES string of the molecule is CC=C(CCNC)C(=O)OC1Cc2c3c(c4oc(CO)cc(=O)c4c2O)C2C4=CCNC(N)=C4C(CCc4ccc(O)cc4C2CO)CC(CC2=CNC(N)C=C2)C1(C)O3. The van der Waals surface area contributed by atoms with E-state index in [-0.39, 0.29) is 70.6 Å². The van der Waals surface area contributed by atoms with Crippen LogP contribution in [0.15, 0.2) is 92.1 Å². The number of dihydropyridines is 2. The fraction of sp³-hybridized carbons (Fsp3) is 0.435. The van der Waals surface area contributed by atoms with Crippen molar-refractivity contribution < 1.29 is 39.1 Å². The second-order valence-electron chi connectivity index (χ2n) is 16.7. The largest absolute Gasteiger partial charge is 0.508 e. The van der Waals surface area contributed by atoms with Crippen LogP contribution in [0.5, 0.6) is 17.2 Å². The van der Waals surface area contributed by atoms with Crippen LogP contribution in [0.25, 0.3) is 11.0 Å². The normalized spacial score (nSPS) is 27.2. The zero-order chi connectivity index (χ0) is 42.5. The smallest absolute Gasteiger partial charge is 0.334 e. The first-order valence-corrected chi connectivity index (χ1v) is 20.8. The molecule has 14 nitrogen and oxygen atoms in total. The molecule has 0 amide bonds. The van der Waals surface area contributed by atoms with Crippen molar-refractivity contribution in [2.75, 3.05) is 26.7 Å². The number of phenolic OH excluding ortho intramolecular Hbond substituents is 2. The van der Waals surface area contributed by atoms with Crippen molar-refractivity contribution in [1.29, 1.82) is 0 Å². The van der Waals surface area contributed by atoms with Crippen molar-refractivity contribution >= 4 is 16.9 Å². The van der Waals surface area contributed by atoms with Crippen LogP contribution in [0.3, 0.4) is 0 Å². The molecule has 0 fully saturated rings. The van der Waals surface area contributed by atoms with E-state index in [1.165, 1.54) is 0 Å². The number of nitrogens with one attached hydrogen (secondary N) is 3. The molecule has 14 heteroatoms. The molecule has 1 aromatic heterocycles. The van der Waals surface area contributed by atoms with E-state index in [2.05, 4.69) is 16.0 Å². The Hall–Kier alpha value is -5.54. The molecule has 7 unspecified atom stereocenters. The monoisotopic (exact) mass is 821 g/mol. The Morgan fingerprint density at radius 3 is 2.73 bits per heavy atom. The summed E-state index contributed by atoms with van der Waals surface area (Å²) in [5.74, 6) is -2.34. The second-order valence-corrected chi connectivity index (χ2v) is 16.7. The molecule has 8 rings (SSSR count). The molecule has 4 aliphatic heterocycles. The number of carbonyl (C=O) groups is 1. The van der Waals surface area contributed by atoms with E-state index in [1.54, 1.807) is 25.1 Å². The number of aromatic hydroxyl groups is 2. The Balaban J connectivity index is 1.48. The number of hydrogen-bond acceptors (Lipinski definition) is 14. The Labute approximate surface area is 348 Å². The fourth-order valence-corrected chi connectivity index (χ4v) is 10.2. The minimum Gasteiger partial charge on any atom is -0.508 e. The predicted molar refractivity (Wildman–Crippen MR) is 226 cm³/mol. The summed E-state index contributed by atoms with van der Waals surface area (Å²) in [6.07, 6.45) is 10.8. The average Bonchev–Trinajstić information content (AvgIpc) is 3.28. The molecule has 3 aromatic rings. The lowest BCUT2D eigenvalue weighted by atomic mass is 9.65. The van der Waals surface area contributed by atoms with Crippen LogP contribution in [-0.4, -0.2) is 71.0 Å². The van der Waals surface area contributed by atoms with E-state index >= 15 is 0 Å². The van der Waals surface area contributed by atoms with Crippen LogP contribution in [0.4, 0.5) is 0 Å². The summed E-state index contributed by atoms with van der Waals surface area (Å²) in [4.78, 5) is 28.3. The van der Waals surface area contributed by atoms with E-state index in [0.29, 0.717) is 67.7 Å². The van der Waals surface area contributed by atoms with Gasteiger partial charge in [-0.15, -0.1) is 0 Å². The van der Waals surface area contributed by atoms with E-state index < -0.39 is 41.5 Å². The Morgan fingerprint density at radius 1 is 1.20 bits per heavy atom. The maximum atomic E-state index is 14.2. The van der Waals surface area contributed by atoms with Crippen molar-refractivity contribution in [3.05, 3.63) is 121 Å². The molecule has 4 bridgehead atoms. The molecule has 5 heterocycles. The van der Waals surface area contributed by atoms with Crippen LogP contribution in [-0.2, 0) is 29.0 Å². The third-order valence-corrected chi connectivity index (χ3v) is 13.3. The van der Waals surface area contributed by atoms with Crippen LogP contribution in [0, 0.1) is 11.8 Å². The van der Waals surface area contributed by atoms with Gasteiger partial charge in [0.2, 0.25) is 0 Å². The zero-order valence-corrected chi connectivity index (χ0v) is 34.2. The minimum absolute atomic E-state index is 0.00426. The number of hydrogen-bond donors (Lipinski definition) is 9. The summed E-state index contributed by atoms with van der Waals surface area (Å²) in [5, 5.41) is 54.8. The second kappa shape index (κ2) is 16.5. The Bertz CT molecular complexity index is 2430. The van der Waals surface area contributed by atoms with Crippen LogP contribution in [0.2, 0.25) is 0 Å². The van der Waals surface area contributed by atoms with Crippen LogP contribution < -0.4 is 37.6 Å². The van der Waals surface area contributed by atoms with Gasteiger partial charge >= 0.3 is 5.97 Å². The molecule has 0 spiro atoms. The lowest BCUT2D eigenvalue weighted by Gasteiger charge is -2.50. The third kappa shape index (κ3) is 7.14. The lowest BCUT2D eigenvalue weighted by molar-refractivity contribution is -0.165. The third-order valence-electron chi connectivity index (χ3n) is 13.3. The Kier molecular flexibility index (Phi) is 11.3. The van der Waals surface area contributed by atoms with Gasteiger partial charge in [-0.05, 0) is 112 Å². The molecule has 11 N–H and O–H groups in total. The van der Waals surface area contributed by atoms with Crippen molar-refractivity contribution in [2.45, 2.75) is 88.7 Å². The summed E-state index contributed by atoms with van der Waals surface area (Å²) in [5.41, 5.74) is 16.7. The molecule has 318 valence electrons. The molecule has 0 radical (unpaired) electrons. The summed E-state index contributed by atoms with van der Waals surface area (Å²) in [7, 11) is 1.81. The van der Waals surface area contributed by atoms with Crippen molar-refractivity contribution in [3.8, 4) is 17.2 Å². The highest BCUT2D eigenvalue weighted by molar-refractivity contribution is 5.92. The number of aryl methyl sites for hydroxylation is 1. The predicted octanol–water partition coefficient (Wildman–Crippen LogP) is 3.72. The number of benzene rings is 2. The average molecular weight is 822 g/mol. The first-order chi connectivity index (χ1) is 28.9. The van der Waals surface area contributed by atoms with Gasteiger partial charge in [0, 0.05) is 59.7 Å². The molecule has 2 aromatic carbocycles. The zero-order valence-electron chi connectivity index (χ0n) is 34.2. The topological polar surface area (TPSA) is 235 Å². The standard InChI is InChI=1S/C46H55N5O9/c1-4-24(11-13-49-3)45(57)59-35-19-32-41(56)39-34(55)18-29(21-52)58-43(39)40-38-30-12-14-50-44(48)37(30)26(7-6-25-8-9-28(54)17-31(25)33(38)22-53)16-27(46(35,2)60-42(32)40)15-23-5-10-36(47)51-20-23/h4-5,8-10,12,17-18,20,26-27,33,35-36,38,49-54,56H,6-7,11,13-16,19,21-22,47-48H2,1-3H3. The number of carbonyl (C=O) groups excluding carboxylic acids is 1. The van der Waals surface area contributed by atoms with Crippen LogP contribution >= 0.6 is 0 Å². The van der Waals surface area contributed by atoms with Gasteiger partial charge in [0.1, 0.15) is 58.1 Å². The maximum Gasteiger partial charge on any atom is 0.334 e. The Morgan fingerprint density at radius 2 is 2.02 bits per heavy atom. The van der Waals surface area contributed by atoms with Gasteiger partial charge in [-0.25, -0.2) is 4.79 Å². The number of esters is 1. The summed E-state index contributed by atoms with van der Waals surface area (Å²) < 4.78 is 20.4. The van der Waals surface area contributed by atoms with Crippen LogP contribution in [0.1, 0.15) is 79.4 Å². The number of nitrogens with two attached hydrogens (primary N) is 2. The molecule has 0 saturated heterocycles. The summed E-state index contributed by atoms with van der Waals surface area (Å²) >= 11 is 0. The first kappa shape index (κ1) is 41.2. The highest BCUT2D eigenvalue weighted by Gasteiger charge is 2.54. The molecule has 5 aliphatic rings. The number of ether oxygens (including phenoxy) is 2. The number of allylic oxidation sites excluding steroid dienone is 5. The number of fused-ring (bicyclic) bond motifs is 5. The van der Waals surface area contributed by atoms with Gasteiger partial charge in [0.25, 0.3) is 0 Å². The van der Waals surface area contributed by atoms with E-state index in [0.717, 1.165) is 28.3 Å². The van der Waals surface area contributed by atoms with Crippen molar-refractivity contribution in [3.63, 3.8) is 0 Å². The summed E-state index contributed by atoms with van der Waals surface area (Å²) in [6.45, 7) is 3.66. The van der Waals surface area contributed by atoms with Gasteiger partial charge in [0.05, 0.1) is 12.8 Å². The molecule has 1 aliphatic carbocycles. The highest BCUT2D eigenvalue weighted by Crippen LogP contribution is 2.59. The molecular formula is C46H55N5O9. The van der Waals surface area contributed by atoms with Gasteiger partial charge in [-0.2, -0.15) is 0 Å². The van der Waals surface area contributed by atoms with Gasteiger partial charge in [0.15, 0.2) is 5.43 Å². The molecule has 0 saturated carbocycles.